The van der Waals surface area contributed by atoms with Crippen molar-refractivity contribution >= 4 is 23.4 Å². The molecule has 0 bridgehead atoms. The minimum atomic E-state index is 0.527. The molecule has 4 aromatic rings. The Balaban J connectivity index is 1.61. The molecular formula is C21H20ClN7. The van der Waals surface area contributed by atoms with Gasteiger partial charge in [-0.2, -0.15) is 10.2 Å². The van der Waals surface area contributed by atoms with E-state index in [0.29, 0.717) is 11.0 Å². The van der Waals surface area contributed by atoms with Gasteiger partial charge in [-0.25, -0.2) is 9.97 Å². The van der Waals surface area contributed by atoms with E-state index in [9.17, 15) is 0 Å². The van der Waals surface area contributed by atoms with Crippen molar-refractivity contribution in [1.29, 1.82) is 0 Å². The number of aryl methyl sites for hydroxylation is 4. The summed E-state index contributed by atoms with van der Waals surface area (Å²) in [6.45, 7) is 2.86. The highest BCUT2D eigenvalue weighted by Crippen LogP contribution is 2.40. The molecule has 1 aliphatic carbocycles. The molecule has 0 saturated heterocycles. The van der Waals surface area contributed by atoms with E-state index < -0.39 is 0 Å². The average molecular weight is 406 g/mol. The van der Waals surface area contributed by atoms with Gasteiger partial charge in [-0.1, -0.05) is 23.7 Å². The molecular weight excluding hydrogens is 386 g/mol. The van der Waals surface area contributed by atoms with Crippen LogP contribution in [0.15, 0.2) is 42.7 Å². The van der Waals surface area contributed by atoms with Gasteiger partial charge in [0.1, 0.15) is 0 Å². The standard InChI is InChI=1S/C21H20ClN7/c1-3-29-10-9-17(27-29)24-21-23-12-14-7-8-16-18(19(14)25-21)20(28(2)26-16)13-5-4-6-15(22)11-13/h4-6,9-12H,3,7-8H2,1-2H3,(H,23,24,25,27). The molecule has 5 rings (SSSR count). The lowest BCUT2D eigenvalue weighted by atomic mass is 9.91. The fraction of sp³-hybridized carbons (Fsp3) is 0.238. The summed E-state index contributed by atoms with van der Waals surface area (Å²) in [4.78, 5) is 9.35. The number of nitrogens with zero attached hydrogens (tertiary/aromatic N) is 6. The molecule has 1 aliphatic rings. The minimum Gasteiger partial charge on any atom is -0.307 e. The fourth-order valence-corrected chi connectivity index (χ4v) is 4.00. The molecule has 146 valence electrons. The monoisotopic (exact) mass is 405 g/mol. The fourth-order valence-electron chi connectivity index (χ4n) is 3.81. The van der Waals surface area contributed by atoms with E-state index in [1.165, 1.54) is 0 Å². The number of anilines is 2. The number of hydrogen-bond acceptors (Lipinski definition) is 5. The van der Waals surface area contributed by atoms with Crippen LogP contribution in [0.2, 0.25) is 5.02 Å². The van der Waals surface area contributed by atoms with Crippen LogP contribution in [0, 0.1) is 0 Å². The third kappa shape index (κ3) is 3.17. The van der Waals surface area contributed by atoms with Crippen LogP contribution in [0.1, 0.15) is 18.2 Å². The quantitative estimate of drug-likeness (QED) is 0.549. The largest absolute Gasteiger partial charge is 0.307 e. The van der Waals surface area contributed by atoms with Gasteiger partial charge in [-0.15, -0.1) is 0 Å². The van der Waals surface area contributed by atoms with Crippen LogP contribution >= 0.6 is 11.6 Å². The maximum atomic E-state index is 6.25. The highest BCUT2D eigenvalue weighted by atomic mass is 35.5. The number of nitrogens with one attached hydrogen (secondary N) is 1. The summed E-state index contributed by atoms with van der Waals surface area (Å²) in [6, 6.07) is 9.76. The Morgan fingerprint density at radius 2 is 2.07 bits per heavy atom. The smallest absolute Gasteiger partial charge is 0.228 e. The molecule has 0 aliphatic heterocycles. The number of aromatic nitrogens is 6. The topological polar surface area (TPSA) is 73.5 Å². The van der Waals surface area contributed by atoms with Gasteiger partial charge in [0.15, 0.2) is 5.82 Å². The Kier molecular flexibility index (Phi) is 4.32. The van der Waals surface area contributed by atoms with Crippen molar-refractivity contribution < 1.29 is 0 Å². The predicted molar refractivity (Wildman–Crippen MR) is 113 cm³/mol. The Hall–Kier alpha value is -3.19. The zero-order valence-electron chi connectivity index (χ0n) is 16.2. The summed E-state index contributed by atoms with van der Waals surface area (Å²) in [5.41, 5.74) is 6.19. The minimum absolute atomic E-state index is 0.527. The van der Waals surface area contributed by atoms with Crippen molar-refractivity contribution in [3.05, 3.63) is 59.0 Å². The van der Waals surface area contributed by atoms with Gasteiger partial charge < -0.3 is 5.32 Å². The zero-order chi connectivity index (χ0) is 20.0. The van der Waals surface area contributed by atoms with Crippen LogP contribution in [0.25, 0.3) is 22.5 Å². The van der Waals surface area contributed by atoms with E-state index >= 15 is 0 Å². The SMILES string of the molecule is CCn1ccc(Nc2ncc3c(n2)-c2c(nn(C)c2-c2cccc(Cl)c2)CC3)n1. The second-order valence-corrected chi connectivity index (χ2v) is 7.49. The van der Waals surface area contributed by atoms with Gasteiger partial charge in [0.05, 0.1) is 17.1 Å². The second-order valence-electron chi connectivity index (χ2n) is 7.05. The maximum Gasteiger partial charge on any atom is 0.228 e. The third-order valence-electron chi connectivity index (χ3n) is 5.15. The first-order valence-corrected chi connectivity index (χ1v) is 9.98. The first-order valence-electron chi connectivity index (χ1n) is 9.61. The van der Waals surface area contributed by atoms with Crippen molar-refractivity contribution in [1.82, 2.24) is 29.5 Å². The summed E-state index contributed by atoms with van der Waals surface area (Å²) >= 11 is 6.25. The van der Waals surface area contributed by atoms with Gasteiger partial charge >= 0.3 is 0 Å². The Morgan fingerprint density at radius 1 is 1.17 bits per heavy atom. The van der Waals surface area contributed by atoms with Gasteiger partial charge in [0, 0.05) is 48.2 Å². The molecule has 7 nitrogen and oxygen atoms in total. The summed E-state index contributed by atoms with van der Waals surface area (Å²) in [6.07, 6.45) is 5.57. The van der Waals surface area contributed by atoms with Crippen LogP contribution < -0.4 is 5.32 Å². The number of benzene rings is 1. The van der Waals surface area contributed by atoms with E-state index in [4.69, 9.17) is 21.7 Å². The molecule has 1 aromatic carbocycles. The van der Waals surface area contributed by atoms with Crippen molar-refractivity contribution in [2.75, 3.05) is 5.32 Å². The Morgan fingerprint density at radius 3 is 2.86 bits per heavy atom. The van der Waals surface area contributed by atoms with Gasteiger partial charge in [0.25, 0.3) is 0 Å². The molecule has 0 unspecified atom stereocenters. The predicted octanol–water partition coefficient (Wildman–Crippen LogP) is 4.26. The molecule has 1 N–H and O–H groups in total. The van der Waals surface area contributed by atoms with E-state index in [1.54, 1.807) is 0 Å². The molecule has 3 heterocycles. The van der Waals surface area contributed by atoms with E-state index in [-0.39, 0.29) is 0 Å². The number of fused-ring (bicyclic) bond motifs is 3. The number of rotatable bonds is 4. The Labute approximate surface area is 173 Å². The van der Waals surface area contributed by atoms with Crippen LogP contribution in [0.5, 0.6) is 0 Å². The molecule has 0 fully saturated rings. The summed E-state index contributed by atoms with van der Waals surface area (Å²) < 4.78 is 3.78. The van der Waals surface area contributed by atoms with Crippen LogP contribution in [0.4, 0.5) is 11.8 Å². The Bertz CT molecular complexity index is 1210. The van der Waals surface area contributed by atoms with Crippen LogP contribution in [-0.4, -0.2) is 29.5 Å². The average Bonchev–Trinajstić information content (AvgIpc) is 3.31. The van der Waals surface area contributed by atoms with Crippen molar-refractivity contribution in [2.24, 2.45) is 7.05 Å². The molecule has 0 radical (unpaired) electrons. The van der Waals surface area contributed by atoms with Crippen LogP contribution in [-0.2, 0) is 26.4 Å². The summed E-state index contributed by atoms with van der Waals surface area (Å²) in [7, 11) is 1.96. The van der Waals surface area contributed by atoms with Crippen molar-refractivity contribution in [3.63, 3.8) is 0 Å². The van der Waals surface area contributed by atoms with E-state index in [2.05, 4.69) is 21.5 Å². The van der Waals surface area contributed by atoms with Gasteiger partial charge in [0.2, 0.25) is 5.95 Å². The lowest BCUT2D eigenvalue weighted by Gasteiger charge is -2.16. The molecule has 8 heteroatoms. The third-order valence-corrected chi connectivity index (χ3v) is 5.39. The molecule has 0 atom stereocenters. The zero-order valence-corrected chi connectivity index (χ0v) is 17.0. The molecule has 0 amide bonds. The highest BCUT2D eigenvalue weighted by molar-refractivity contribution is 6.30. The normalized spacial score (nSPS) is 12.5. The first kappa shape index (κ1) is 17.9. The molecule has 0 spiro atoms. The molecule has 29 heavy (non-hydrogen) atoms. The van der Waals surface area contributed by atoms with Crippen molar-refractivity contribution in [2.45, 2.75) is 26.3 Å². The molecule has 3 aromatic heterocycles. The lowest BCUT2D eigenvalue weighted by Crippen LogP contribution is -2.08. The van der Waals surface area contributed by atoms with Crippen LogP contribution in [0.3, 0.4) is 0 Å². The summed E-state index contributed by atoms with van der Waals surface area (Å²) in [5.74, 6) is 1.25. The number of hydrogen-bond donors (Lipinski definition) is 1. The lowest BCUT2D eigenvalue weighted by molar-refractivity contribution is 0.662. The summed E-state index contributed by atoms with van der Waals surface area (Å²) in [5, 5.41) is 13.1. The van der Waals surface area contributed by atoms with Gasteiger partial charge in [-0.05, 0) is 37.5 Å². The second kappa shape index (κ2) is 7.00. The highest BCUT2D eigenvalue weighted by Gasteiger charge is 2.27. The first-order chi connectivity index (χ1) is 14.1. The maximum absolute atomic E-state index is 6.25. The van der Waals surface area contributed by atoms with Gasteiger partial charge in [-0.3, -0.25) is 9.36 Å². The molecule has 0 saturated carbocycles. The van der Waals surface area contributed by atoms with E-state index in [0.717, 1.165) is 59.0 Å². The number of halogens is 1. The van der Waals surface area contributed by atoms with Crippen molar-refractivity contribution in [3.8, 4) is 22.5 Å². The van der Waals surface area contributed by atoms with E-state index in [1.807, 2.05) is 60.0 Å².